The average molecular weight is 435 g/mol. The molecule has 1 fully saturated rings. The van der Waals surface area contributed by atoms with Crippen molar-refractivity contribution in [2.24, 2.45) is 0 Å². The smallest absolute Gasteiger partial charge is 0.244 e. The molecule has 2 aliphatic heterocycles. The van der Waals surface area contributed by atoms with Crippen LogP contribution >= 0.6 is 11.6 Å². The fourth-order valence-electron chi connectivity index (χ4n) is 3.93. The topological polar surface area (TPSA) is 66.9 Å². The van der Waals surface area contributed by atoms with Crippen molar-refractivity contribution in [2.45, 2.75) is 17.4 Å². The summed E-state index contributed by atoms with van der Waals surface area (Å²) in [4.78, 5) is 15.1. The Balaban J connectivity index is 1.68. The zero-order valence-corrected chi connectivity index (χ0v) is 17.5. The number of fused-ring (bicyclic) bond motifs is 1. The second-order valence-corrected chi connectivity index (χ2v) is 9.58. The van der Waals surface area contributed by atoms with Gasteiger partial charge in [0.25, 0.3) is 0 Å². The lowest BCUT2D eigenvalue weighted by atomic mass is 10.0. The molecule has 8 heteroatoms. The first-order valence-electron chi connectivity index (χ1n) is 9.66. The lowest BCUT2D eigenvalue weighted by molar-refractivity contribution is 0.0348. The quantitative estimate of drug-likeness (QED) is 0.723. The van der Waals surface area contributed by atoms with E-state index in [1.165, 1.54) is 10.4 Å². The van der Waals surface area contributed by atoms with Gasteiger partial charge in [-0.1, -0.05) is 35.9 Å². The van der Waals surface area contributed by atoms with Gasteiger partial charge < -0.3 is 4.74 Å². The average Bonchev–Trinajstić information content (AvgIpc) is 2.74. The molecule has 2 heterocycles. The van der Waals surface area contributed by atoms with Gasteiger partial charge in [0, 0.05) is 30.2 Å². The number of carbonyl (C=O) groups is 1. The van der Waals surface area contributed by atoms with Gasteiger partial charge in [-0.3, -0.25) is 9.69 Å². The summed E-state index contributed by atoms with van der Waals surface area (Å²) in [5, 5.41) is 0.587. The number of ether oxygens (including phenoxy) is 1. The molecule has 0 aliphatic carbocycles. The first-order valence-corrected chi connectivity index (χ1v) is 11.5. The predicted molar refractivity (Wildman–Crippen MR) is 111 cm³/mol. The van der Waals surface area contributed by atoms with Crippen LogP contribution in [-0.4, -0.2) is 62.8 Å². The van der Waals surface area contributed by atoms with E-state index in [2.05, 4.69) is 4.90 Å². The molecule has 1 saturated heterocycles. The number of hydrogen-bond acceptors (Lipinski definition) is 5. The Morgan fingerprint density at radius 2 is 1.72 bits per heavy atom. The molecule has 6 nitrogen and oxygen atoms in total. The molecule has 0 bridgehead atoms. The fraction of sp³-hybridized carbons (Fsp3) is 0.381. The Morgan fingerprint density at radius 3 is 2.45 bits per heavy atom. The molecule has 1 atom stereocenters. The van der Waals surface area contributed by atoms with E-state index in [0.29, 0.717) is 24.7 Å². The Kier molecular flexibility index (Phi) is 6.03. The van der Waals surface area contributed by atoms with E-state index in [-0.39, 0.29) is 22.8 Å². The van der Waals surface area contributed by atoms with Gasteiger partial charge in [-0.05, 0) is 36.2 Å². The maximum Gasteiger partial charge on any atom is 0.244 e. The van der Waals surface area contributed by atoms with Gasteiger partial charge in [-0.15, -0.1) is 0 Å². The number of benzene rings is 2. The molecule has 0 spiro atoms. The second kappa shape index (κ2) is 8.53. The van der Waals surface area contributed by atoms with E-state index in [1.54, 1.807) is 30.3 Å². The molecule has 0 amide bonds. The van der Waals surface area contributed by atoms with Crippen molar-refractivity contribution in [1.82, 2.24) is 9.21 Å². The third-order valence-corrected chi connectivity index (χ3v) is 7.66. The number of halogens is 1. The lowest BCUT2D eigenvalue weighted by Gasteiger charge is -2.36. The molecule has 154 valence electrons. The Hall–Kier alpha value is -1.77. The molecule has 0 N–H and O–H groups in total. The summed E-state index contributed by atoms with van der Waals surface area (Å²) < 4.78 is 33.5. The molecule has 1 unspecified atom stereocenters. The first-order chi connectivity index (χ1) is 14.0. The van der Waals surface area contributed by atoms with Crippen LogP contribution in [0.5, 0.6) is 0 Å². The molecule has 29 heavy (non-hydrogen) atoms. The maximum absolute atomic E-state index is 13.4. The second-order valence-electron chi connectivity index (χ2n) is 7.28. The first kappa shape index (κ1) is 20.5. The van der Waals surface area contributed by atoms with Gasteiger partial charge in [0.2, 0.25) is 10.0 Å². The summed E-state index contributed by atoms with van der Waals surface area (Å²) >= 11 is 6.04. The molecular formula is C21H23ClN2O4S. The summed E-state index contributed by atoms with van der Waals surface area (Å²) in [5.41, 5.74) is 1.10. The van der Waals surface area contributed by atoms with Crippen LogP contribution in [0.1, 0.15) is 28.4 Å². The number of sulfonamides is 1. The van der Waals surface area contributed by atoms with Gasteiger partial charge in [-0.2, -0.15) is 4.31 Å². The van der Waals surface area contributed by atoms with Crippen LogP contribution in [0.15, 0.2) is 53.4 Å². The van der Waals surface area contributed by atoms with E-state index < -0.39 is 16.1 Å². The SMILES string of the molecule is O=C1CN(C(CCN2CCOCC2)c2ccc(Cl)cc2)S(=O)(=O)c2ccccc21. The van der Waals surface area contributed by atoms with Crippen LogP contribution in [0.3, 0.4) is 0 Å². The third-order valence-electron chi connectivity index (χ3n) is 5.50. The monoisotopic (exact) mass is 434 g/mol. The number of nitrogens with zero attached hydrogens (tertiary/aromatic N) is 2. The van der Waals surface area contributed by atoms with Gasteiger partial charge in [0.05, 0.1) is 30.7 Å². The summed E-state index contributed by atoms with van der Waals surface area (Å²) in [5.74, 6) is -0.180. The summed E-state index contributed by atoms with van der Waals surface area (Å²) in [6.45, 7) is 3.57. The van der Waals surface area contributed by atoms with Crippen LogP contribution in [0.25, 0.3) is 0 Å². The fourth-order valence-corrected chi connectivity index (χ4v) is 5.87. The molecule has 4 rings (SSSR count). The van der Waals surface area contributed by atoms with Crippen molar-refractivity contribution in [3.05, 3.63) is 64.7 Å². The molecule has 2 aromatic rings. The van der Waals surface area contributed by atoms with Crippen molar-refractivity contribution >= 4 is 27.4 Å². The van der Waals surface area contributed by atoms with E-state index in [0.717, 1.165) is 25.2 Å². The number of ketones is 1. The van der Waals surface area contributed by atoms with Crippen LogP contribution in [-0.2, 0) is 14.8 Å². The minimum Gasteiger partial charge on any atom is -0.379 e. The predicted octanol–water partition coefficient (Wildman–Crippen LogP) is 2.99. The van der Waals surface area contributed by atoms with Crippen molar-refractivity contribution in [1.29, 1.82) is 0 Å². The molecule has 2 aromatic carbocycles. The van der Waals surface area contributed by atoms with Crippen molar-refractivity contribution in [3.63, 3.8) is 0 Å². The molecule has 2 aliphatic rings. The van der Waals surface area contributed by atoms with E-state index in [1.807, 2.05) is 12.1 Å². The zero-order chi connectivity index (χ0) is 20.4. The highest BCUT2D eigenvalue weighted by atomic mass is 35.5. The van der Waals surface area contributed by atoms with E-state index in [4.69, 9.17) is 16.3 Å². The highest BCUT2D eigenvalue weighted by Crippen LogP contribution is 2.35. The Bertz CT molecular complexity index is 988. The number of Topliss-reactive ketones (excluding diaryl/α,β-unsaturated/α-hetero) is 1. The number of morpholine rings is 1. The normalized spacial score (nSPS) is 20.9. The molecule has 0 saturated carbocycles. The highest BCUT2D eigenvalue weighted by Gasteiger charge is 2.40. The van der Waals surface area contributed by atoms with Gasteiger partial charge in [-0.25, -0.2) is 8.42 Å². The van der Waals surface area contributed by atoms with Gasteiger partial charge in [0.15, 0.2) is 5.78 Å². The standard InChI is InChI=1S/C21H23ClN2O4S/c22-17-7-5-16(6-8-17)19(9-10-23-11-13-28-14-12-23)24-15-20(25)18-3-1-2-4-21(18)29(24,26)27/h1-8,19H,9-15H2. The lowest BCUT2D eigenvalue weighted by Crippen LogP contribution is -2.45. The van der Waals surface area contributed by atoms with Crippen molar-refractivity contribution in [3.8, 4) is 0 Å². The van der Waals surface area contributed by atoms with Crippen LogP contribution in [0.4, 0.5) is 0 Å². The number of rotatable bonds is 5. The van der Waals surface area contributed by atoms with Crippen LogP contribution in [0, 0.1) is 0 Å². The molecular weight excluding hydrogens is 412 g/mol. The number of carbonyl (C=O) groups excluding carboxylic acids is 1. The Labute approximate surface area is 176 Å². The van der Waals surface area contributed by atoms with E-state index >= 15 is 0 Å². The minimum atomic E-state index is -3.79. The largest absolute Gasteiger partial charge is 0.379 e. The summed E-state index contributed by atoms with van der Waals surface area (Å²) in [6, 6.07) is 13.2. The zero-order valence-electron chi connectivity index (χ0n) is 16.0. The van der Waals surface area contributed by atoms with Crippen LogP contribution < -0.4 is 0 Å². The van der Waals surface area contributed by atoms with Crippen LogP contribution in [0.2, 0.25) is 5.02 Å². The minimum absolute atomic E-state index is 0.0848. The Morgan fingerprint density at radius 1 is 1.03 bits per heavy atom. The van der Waals surface area contributed by atoms with E-state index in [9.17, 15) is 13.2 Å². The highest BCUT2D eigenvalue weighted by molar-refractivity contribution is 7.89. The van der Waals surface area contributed by atoms with Gasteiger partial charge in [0.1, 0.15) is 0 Å². The van der Waals surface area contributed by atoms with Gasteiger partial charge >= 0.3 is 0 Å². The summed E-state index contributed by atoms with van der Waals surface area (Å²) in [7, 11) is -3.79. The molecule has 0 aromatic heterocycles. The van der Waals surface area contributed by atoms with Crippen molar-refractivity contribution in [2.75, 3.05) is 39.4 Å². The third kappa shape index (κ3) is 4.25. The maximum atomic E-state index is 13.4. The van der Waals surface area contributed by atoms with Crippen molar-refractivity contribution < 1.29 is 17.9 Å². The summed E-state index contributed by atoms with van der Waals surface area (Å²) in [6.07, 6.45) is 0.580. The molecule has 0 radical (unpaired) electrons. The number of hydrogen-bond donors (Lipinski definition) is 0.